The van der Waals surface area contributed by atoms with Crippen molar-refractivity contribution >= 4 is 21.4 Å². The van der Waals surface area contributed by atoms with E-state index in [0.717, 1.165) is 22.5 Å². The number of ether oxygens (including phenoxy) is 1. The van der Waals surface area contributed by atoms with Gasteiger partial charge in [-0.3, -0.25) is 9.82 Å². The smallest absolute Gasteiger partial charge is 0.265 e. The number of nitrogens with zero attached hydrogens (tertiary/aromatic N) is 3. The first kappa shape index (κ1) is 19.0. The standard InChI is InChI=1S/C20H21N5O3S/c1-12-6-5-9-25-11-17(21-20(12)25)15-7-8-18(28-4)16(10-15)24-29(26,27)19-13(2)22-23-14(19)3/h5-11,24H,1-4H3,(H,22,23). The SMILES string of the molecule is COc1ccc(-c2cn3cccc(C)c3n2)cc1NS(=O)(=O)c1c(C)n[nH]c1C. The van der Waals surface area contributed by atoms with Crippen molar-refractivity contribution in [1.82, 2.24) is 19.6 Å². The van der Waals surface area contributed by atoms with Gasteiger partial charge in [-0.15, -0.1) is 0 Å². The van der Waals surface area contributed by atoms with E-state index in [2.05, 4.69) is 19.9 Å². The molecule has 8 nitrogen and oxygen atoms in total. The molecule has 0 unspecified atom stereocenters. The van der Waals surface area contributed by atoms with Gasteiger partial charge in [0.15, 0.2) is 0 Å². The summed E-state index contributed by atoms with van der Waals surface area (Å²) in [6.07, 6.45) is 3.84. The van der Waals surface area contributed by atoms with Crippen molar-refractivity contribution < 1.29 is 13.2 Å². The largest absolute Gasteiger partial charge is 0.495 e. The molecule has 4 aromatic rings. The Hall–Kier alpha value is -3.33. The minimum absolute atomic E-state index is 0.133. The summed E-state index contributed by atoms with van der Waals surface area (Å²) in [6, 6.07) is 9.24. The lowest BCUT2D eigenvalue weighted by Crippen LogP contribution is -2.15. The third-order valence-corrected chi connectivity index (χ3v) is 6.37. The second-order valence-corrected chi connectivity index (χ2v) is 8.45. The summed E-state index contributed by atoms with van der Waals surface area (Å²) in [5, 5.41) is 6.68. The second kappa shape index (κ2) is 6.93. The number of hydrogen-bond donors (Lipinski definition) is 2. The van der Waals surface area contributed by atoms with Gasteiger partial charge in [-0.05, 0) is 50.6 Å². The first-order chi connectivity index (χ1) is 13.8. The van der Waals surface area contributed by atoms with Gasteiger partial charge in [-0.2, -0.15) is 5.10 Å². The summed E-state index contributed by atoms with van der Waals surface area (Å²) in [4.78, 5) is 4.82. The van der Waals surface area contributed by atoms with Crippen molar-refractivity contribution in [1.29, 1.82) is 0 Å². The van der Waals surface area contributed by atoms with Crippen LogP contribution in [-0.4, -0.2) is 35.1 Å². The molecule has 3 aromatic heterocycles. The number of hydrogen-bond acceptors (Lipinski definition) is 5. The summed E-state index contributed by atoms with van der Waals surface area (Å²) in [5.41, 5.74) is 4.62. The van der Waals surface area contributed by atoms with Crippen molar-refractivity contribution in [3.8, 4) is 17.0 Å². The number of anilines is 1. The van der Waals surface area contributed by atoms with E-state index in [1.165, 1.54) is 7.11 Å². The number of benzene rings is 1. The summed E-state index contributed by atoms with van der Waals surface area (Å²) in [5.74, 6) is 0.413. The van der Waals surface area contributed by atoms with Gasteiger partial charge in [-0.1, -0.05) is 6.07 Å². The quantitative estimate of drug-likeness (QED) is 0.524. The van der Waals surface area contributed by atoms with E-state index >= 15 is 0 Å². The molecule has 0 aliphatic carbocycles. The van der Waals surface area contributed by atoms with E-state index in [1.54, 1.807) is 26.0 Å². The van der Waals surface area contributed by atoms with Gasteiger partial charge in [0.25, 0.3) is 10.0 Å². The lowest BCUT2D eigenvalue weighted by Gasteiger charge is -2.13. The molecule has 0 spiro atoms. The molecule has 0 radical (unpaired) electrons. The molecule has 2 N–H and O–H groups in total. The van der Waals surface area contributed by atoms with Gasteiger partial charge in [0, 0.05) is 18.0 Å². The average molecular weight is 411 g/mol. The molecule has 0 atom stereocenters. The van der Waals surface area contributed by atoms with Crippen molar-refractivity contribution in [2.75, 3.05) is 11.8 Å². The molecule has 0 amide bonds. The molecule has 0 aliphatic rings. The molecule has 150 valence electrons. The zero-order valence-electron chi connectivity index (χ0n) is 16.5. The monoisotopic (exact) mass is 411 g/mol. The Morgan fingerprint density at radius 1 is 1.17 bits per heavy atom. The van der Waals surface area contributed by atoms with Crippen molar-refractivity contribution in [2.24, 2.45) is 0 Å². The Morgan fingerprint density at radius 3 is 2.62 bits per heavy atom. The molecule has 1 aromatic carbocycles. The Labute approximate surface area is 168 Å². The van der Waals surface area contributed by atoms with Gasteiger partial charge < -0.3 is 9.14 Å². The van der Waals surface area contributed by atoms with Gasteiger partial charge in [0.1, 0.15) is 16.3 Å². The topological polar surface area (TPSA) is 101 Å². The lowest BCUT2D eigenvalue weighted by atomic mass is 10.1. The number of sulfonamides is 1. The van der Waals surface area contributed by atoms with Crippen LogP contribution in [0, 0.1) is 20.8 Å². The highest BCUT2D eigenvalue weighted by atomic mass is 32.2. The lowest BCUT2D eigenvalue weighted by molar-refractivity contribution is 0.417. The number of methoxy groups -OCH3 is 1. The fourth-order valence-corrected chi connectivity index (χ4v) is 4.81. The van der Waals surface area contributed by atoms with Crippen LogP contribution in [0.15, 0.2) is 47.6 Å². The zero-order chi connectivity index (χ0) is 20.8. The number of pyridine rings is 1. The molecule has 0 aliphatic heterocycles. The van der Waals surface area contributed by atoms with Crippen molar-refractivity contribution in [3.63, 3.8) is 0 Å². The number of rotatable bonds is 5. The molecule has 0 saturated carbocycles. The summed E-state index contributed by atoms with van der Waals surface area (Å²) < 4.78 is 35.9. The molecule has 29 heavy (non-hydrogen) atoms. The van der Waals surface area contributed by atoms with Gasteiger partial charge >= 0.3 is 0 Å². The molecule has 0 bridgehead atoms. The van der Waals surface area contributed by atoms with Crippen LogP contribution in [0.3, 0.4) is 0 Å². The van der Waals surface area contributed by atoms with Crippen LogP contribution in [0.5, 0.6) is 5.75 Å². The molecule has 4 rings (SSSR count). The maximum Gasteiger partial charge on any atom is 0.265 e. The highest BCUT2D eigenvalue weighted by Gasteiger charge is 2.24. The first-order valence-corrected chi connectivity index (χ1v) is 10.5. The summed E-state index contributed by atoms with van der Waals surface area (Å²) >= 11 is 0. The maximum atomic E-state index is 13.0. The average Bonchev–Trinajstić information content (AvgIpc) is 3.26. The number of aryl methyl sites for hydroxylation is 3. The fourth-order valence-electron chi connectivity index (χ4n) is 3.37. The third kappa shape index (κ3) is 3.33. The number of fused-ring (bicyclic) bond motifs is 1. The molecular formula is C20H21N5O3S. The highest BCUT2D eigenvalue weighted by Crippen LogP contribution is 2.33. The molecule has 3 heterocycles. The number of H-pyrrole nitrogens is 1. The predicted molar refractivity (Wildman–Crippen MR) is 111 cm³/mol. The minimum atomic E-state index is -3.84. The van der Waals surface area contributed by atoms with Crippen molar-refractivity contribution in [2.45, 2.75) is 25.7 Å². The van der Waals surface area contributed by atoms with E-state index in [1.807, 2.05) is 41.9 Å². The van der Waals surface area contributed by atoms with Crippen LogP contribution in [0.2, 0.25) is 0 Å². The number of nitrogens with one attached hydrogen (secondary N) is 2. The van der Waals surface area contributed by atoms with Crippen LogP contribution >= 0.6 is 0 Å². The van der Waals surface area contributed by atoms with Crippen LogP contribution in [0.1, 0.15) is 17.0 Å². The van der Waals surface area contributed by atoms with Crippen LogP contribution < -0.4 is 9.46 Å². The first-order valence-electron chi connectivity index (χ1n) is 8.97. The van der Waals surface area contributed by atoms with E-state index in [4.69, 9.17) is 4.74 Å². The summed E-state index contributed by atoms with van der Waals surface area (Å²) in [6.45, 7) is 5.31. The molecule has 0 saturated heterocycles. The van der Waals surface area contributed by atoms with Crippen LogP contribution in [0.4, 0.5) is 5.69 Å². The fraction of sp³-hybridized carbons (Fsp3) is 0.200. The van der Waals surface area contributed by atoms with Gasteiger partial charge in [0.2, 0.25) is 0 Å². The van der Waals surface area contributed by atoms with E-state index in [-0.39, 0.29) is 4.90 Å². The van der Waals surface area contributed by atoms with Crippen molar-refractivity contribution in [3.05, 3.63) is 59.7 Å². The van der Waals surface area contributed by atoms with Gasteiger partial charge in [0.05, 0.1) is 29.9 Å². The normalized spacial score (nSPS) is 11.7. The molecule has 0 fully saturated rings. The highest BCUT2D eigenvalue weighted by molar-refractivity contribution is 7.92. The van der Waals surface area contributed by atoms with Crippen LogP contribution in [0.25, 0.3) is 16.9 Å². The maximum absolute atomic E-state index is 13.0. The Morgan fingerprint density at radius 2 is 1.97 bits per heavy atom. The van der Waals surface area contributed by atoms with Crippen LogP contribution in [-0.2, 0) is 10.0 Å². The minimum Gasteiger partial charge on any atom is -0.495 e. The third-order valence-electron chi connectivity index (χ3n) is 4.75. The zero-order valence-corrected chi connectivity index (χ0v) is 17.3. The Bertz CT molecular complexity index is 1300. The summed E-state index contributed by atoms with van der Waals surface area (Å²) in [7, 11) is -2.35. The molecule has 9 heteroatoms. The number of aromatic amines is 1. The Balaban J connectivity index is 1.78. The second-order valence-electron chi connectivity index (χ2n) is 6.83. The van der Waals surface area contributed by atoms with E-state index in [0.29, 0.717) is 22.8 Å². The Kier molecular flexibility index (Phi) is 4.54. The number of aromatic nitrogens is 4. The van der Waals surface area contributed by atoms with E-state index < -0.39 is 10.0 Å². The van der Waals surface area contributed by atoms with E-state index in [9.17, 15) is 8.42 Å². The predicted octanol–water partition coefficient (Wildman–Crippen LogP) is 3.46. The molecular weight excluding hydrogens is 390 g/mol. The van der Waals surface area contributed by atoms with Gasteiger partial charge in [-0.25, -0.2) is 13.4 Å². The number of imidazole rings is 1.